The van der Waals surface area contributed by atoms with Crippen LogP contribution in [0.1, 0.15) is 21.5 Å². The molecule has 19 heavy (non-hydrogen) atoms. The zero-order valence-corrected chi connectivity index (χ0v) is 10.6. The molecule has 0 atom stereocenters. The van der Waals surface area contributed by atoms with Crippen LogP contribution in [0, 0.1) is 6.92 Å². The van der Waals surface area contributed by atoms with E-state index in [1.807, 2.05) is 19.1 Å². The first-order chi connectivity index (χ1) is 9.16. The average Bonchev–Trinajstić information content (AvgIpc) is 2.41. The van der Waals surface area contributed by atoms with E-state index in [1.54, 1.807) is 24.5 Å². The molecule has 0 bridgehead atoms. The van der Waals surface area contributed by atoms with Gasteiger partial charge in [0.2, 0.25) is 5.95 Å². The summed E-state index contributed by atoms with van der Waals surface area (Å²) in [6.07, 6.45) is 4.08. The number of carbonyl (C=O) groups is 1. The van der Waals surface area contributed by atoms with E-state index >= 15 is 0 Å². The molecule has 2 N–H and O–H groups in total. The monoisotopic (exact) mass is 257 g/mol. The quantitative estimate of drug-likeness (QED) is 0.858. The smallest absolute Gasteiger partial charge is 0.335 e. The van der Waals surface area contributed by atoms with Crippen molar-refractivity contribution < 1.29 is 9.90 Å². The van der Waals surface area contributed by atoms with Gasteiger partial charge in [-0.3, -0.25) is 0 Å². The van der Waals surface area contributed by atoms with Crippen LogP contribution in [-0.4, -0.2) is 27.6 Å². The van der Waals surface area contributed by atoms with Gasteiger partial charge in [-0.15, -0.1) is 0 Å². The Hall–Kier alpha value is -2.43. The maximum absolute atomic E-state index is 11.0. The molecule has 0 aliphatic rings. The molecule has 2 rings (SSSR count). The van der Waals surface area contributed by atoms with Crippen LogP contribution in [0.3, 0.4) is 0 Å². The molecular weight excluding hydrogens is 242 g/mol. The minimum atomic E-state index is -0.901. The summed E-state index contributed by atoms with van der Waals surface area (Å²) >= 11 is 0. The van der Waals surface area contributed by atoms with E-state index in [-0.39, 0.29) is 0 Å². The summed E-state index contributed by atoms with van der Waals surface area (Å²) in [5, 5.41) is 12.1. The van der Waals surface area contributed by atoms with Gasteiger partial charge in [0, 0.05) is 18.9 Å². The van der Waals surface area contributed by atoms with Crippen LogP contribution in [0.2, 0.25) is 0 Å². The minimum Gasteiger partial charge on any atom is -0.478 e. The molecule has 0 unspecified atom stereocenters. The molecule has 0 aliphatic carbocycles. The van der Waals surface area contributed by atoms with Crippen LogP contribution < -0.4 is 5.32 Å². The molecule has 0 amide bonds. The van der Waals surface area contributed by atoms with Gasteiger partial charge in [-0.05, 0) is 30.5 Å². The second-order valence-electron chi connectivity index (χ2n) is 4.22. The van der Waals surface area contributed by atoms with Crippen LogP contribution in [-0.2, 0) is 6.42 Å². The van der Waals surface area contributed by atoms with E-state index in [0.717, 1.165) is 11.1 Å². The fourth-order valence-electron chi connectivity index (χ4n) is 1.74. The van der Waals surface area contributed by atoms with E-state index in [9.17, 15) is 4.79 Å². The Morgan fingerprint density at radius 1 is 1.26 bits per heavy atom. The van der Waals surface area contributed by atoms with Crippen molar-refractivity contribution in [3.8, 4) is 0 Å². The second-order valence-corrected chi connectivity index (χ2v) is 4.22. The molecule has 0 saturated heterocycles. The highest BCUT2D eigenvalue weighted by Crippen LogP contribution is 2.09. The maximum Gasteiger partial charge on any atom is 0.335 e. The Bertz CT molecular complexity index is 567. The largest absolute Gasteiger partial charge is 0.478 e. The van der Waals surface area contributed by atoms with E-state index in [0.29, 0.717) is 24.5 Å². The number of nitrogens with one attached hydrogen (secondary N) is 1. The molecule has 0 spiro atoms. The van der Waals surface area contributed by atoms with Crippen molar-refractivity contribution in [2.75, 3.05) is 11.9 Å². The number of anilines is 1. The van der Waals surface area contributed by atoms with Crippen molar-refractivity contribution in [1.29, 1.82) is 0 Å². The number of aromatic carboxylic acids is 1. The number of aryl methyl sites for hydroxylation is 1. The molecule has 98 valence electrons. The van der Waals surface area contributed by atoms with Gasteiger partial charge in [-0.1, -0.05) is 18.2 Å². The average molecular weight is 257 g/mol. The summed E-state index contributed by atoms with van der Waals surface area (Å²) in [6, 6.07) is 6.99. The normalized spacial score (nSPS) is 10.2. The topological polar surface area (TPSA) is 75.1 Å². The molecule has 0 saturated carbocycles. The molecule has 0 fully saturated rings. The van der Waals surface area contributed by atoms with Crippen LogP contribution in [0.15, 0.2) is 36.7 Å². The van der Waals surface area contributed by atoms with Gasteiger partial charge in [-0.2, -0.15) is 0 Å². The molecular formula is C14H15N3O2. The lowest BCUT2D eigenvalue weighted by Gasteiger charge is -2.07. The molecule has 1 aromatic carbocycles. The van der Waals surface area contributed by atoms with Crippen molar-refractivity contribution in [3.05, 3.63) is 53.3 Å². The molecule has 5 heteroatoms. The van der Waals surface area contributed by atoms with Crippen LogP contribution >= 0.6 is 0 Å². The zero-order chi connectivity index (χ0) is 13.7. The fraction of sp³-hybridized carbons (Fsp3) is 0.214. The highest BCUT2D eigenvalue weighted by molar-refractivity contribution is 5.89. The predicted octanol–water partition coefficient (Wildman–Crippen LogP) is 2.14. The Labute approximate surface area is 111 Å². The predicted molar refractivity (Wildman–Crippen MR) is 72.4 cm³/mol. The molecule has 5 nitrogen and oxygen atoms in total. The highest BCUT2D eigenvalue weighted by Gasteiger charge is 2.08. The third-order valence-electron chi connectivity index (χ3n) is 2.71. The summed E-state index contributed by atoms with van der Waals surface area (Å²) in [5.41, 5.74) is 2.14. The van der Waals surface area contributed by atoms with Gasteiger partial charge in [-0.25, -0.2) is 14.8 Å². The van der Waals surface area contributed by atoms with Crippen molar-refractivity contribution in [3.63, 3.8) is 0 Å². The second kappa shape index (κ2) is 5.95. The Kier molecular flexibility index (Phi) is 4.07. The summed E-state index contributed by atoms with van der Waals surface area (Å²) in [6.45, 7) is 2.51. The standard InChI is InChI=1S/C14H15N3O2/c1-10-8-16-14(17-9-10)15-7-6-11-4-2-3-5-12(11)13(18)19/h2-5,8-9H,6-7H2,1H3,(H,18,19)(H,15,16,17). The first kappa shape index (κ1) is 13.0. The number of hydrogen-bond acceptors (Lipinski definition) is 4. The molecule has 2 aromatic rings. The lowest BCUT2D eigenvalue weighted by molar-refractivity contribution is 0.0695. The van der Waals surface area contributed by atoms with Gasteiger partial charge < -0.3 is 10.4 Å². The molecule has 0 aliphatic heterocycles. The summed E-state index contributed by atoms with van der Waals surface area (Å²) < 4.78 is 0. The van der Waals surface area contributed by atoms with Crippen molar-refractivity contribution >= 4 is 11.9 Å². The summed E-state index contributed by atoms with van der Waals surface area (Å²) in [5.74, 6) is -0.347. The van der Waals surface area contributed by atoms with E-state index < -0.39 is 5.97 Å². The first-order valence-corrected chi connectivity index (χ1v) is 6.00. The maximum atomic E-state index is 11.0. The van der Waals surface area contributed by atoms with Gasteiger partial charge >= 0.3 is 5.97 Å². The van der Waals surface area contributed by atoms with E-state index in [4.69, 9.17) is 5.11 Å². The molecule has 1 aromatic heterocycles. The fourth-order valence-corrected chi connectivity index (χ4v) is 1.74. The number of carboxylic acids is 1. The van der Waals surface area contributed by atoms with Gasteiger partial charge in [0.15, 0.2) is 0 Å². The van der Waals surface area contributed by atoms with Crippen LogP contribution in [0.4, 0.5) is 5.95 Å². The lowest BCUT2D eigenvalue weighted by Crippen LogP contribution is -2.10. The van der Waals surface area contributed by atoms with Crippen molar-refractivity contribution in [1.82, 2.24) is 9.97 Å². The summed E-state index contributed by atoms with van der Waals surface area (Å²) in [4.78, 5) is 19.3. The number of nitrogens with zero attached hydrogens (tertiary/aromatic N) is 2. The van der Waals surface area contributed by atoms with E-state index in [1.165, 1.54) is 0 Å². The first-order valence-electron chi connectivity index (χ1n) is 6.00. The Balaban J connectivity index is 1.96. The number of benzene rings is 1. The van der Waals surface area contributed by atoms with Gasteiger partial charge in [0.1, 0.15) is 0 Å². The minimum absolute atomic E-state index is 0.342. The highest BCUT2D eigenvalue weighted by atomic mass is 16.4. The summed E-state index contributed by atoms with van der Waals surface area (Å²) in [7, 11) is 0. The lowest BCUT2D eigenvalue weighted by atomic mass is 10.0. The van der Waals surface area contributed by atoms with Gasteiger partial charge in [0.25, 0.3) is 0 Å². The van der Waals surface area contributed by atoms with Crippen LogP contribution in [0.25, 0.3) is 0 Å². The third kappa shape index (κ3) is 3.51. The Morgan fingerprint density at radius 2 is 1.95 bits per heavy atom. The van der Waals surface area contributed by atoms with Crippen LogP contribution in [0.5, 0.6) is 0 Å². The Morgan fingerprint density at radius 3 is 2.63 bits per heavy atom. The van der Waals surface area contributed by atoms with Crippen molar-refractivity contribution in [2.45, 2.75) is 13.3 Å². The molecule has 1 heterocycles. The number of aromatic nitrogens is 2. The zero-order valence-electron chi connectivity index (χ0n) is 10.6. The molecule has 0 radical (unpaired) electrons. The SMILES string of the molecule is Cc1cnc(NCCc2ccccc2C(=O)O)nc1. The third-order valence-corrected chi connectivity index (χ3v) is 2.71. The number of hydrogen-bond donors (Lipinski definition) is 2. The number of rotatable bonds is 5. The number of carboxylic acid groups (broad SMARTS) is 1. The van der Waals surface area contributed by atoms with E-state index in [2.05, 4.69) is 15.3 Å². The van der Waals surface area contributed by atoms with Crippen molar-refractivity contribution in [2.24, 2.45) is 0 Å². The van der Waals surface area contributed by atoms with Gasteiger partial charge in [0.05, 0.1) is 5.56 Å².